The molecule has 82 valence electrons. The zero-order valence-electron chi connectivity index (χ0n) is 8.80. The van der Waals surface area contributed by atoms with Crippen molar-refractivity contribution in [3.63, 3.8) is 0 Å². The van der Waals surface area contributed by atoms with E-state index in [4.69, 9.17) is 15.1 Å². The molecule has 0 radical (unpaired) electrons. The maximum atomic E-state index is 10.6. The summed E-state index contributed by atoms with van der Waals surface area (Å²) in [7, 11) is 0. The molecular weight excluding hydrogens is 206 g/mol. The maximum absolute atomic E-state index is 10.6. The Labute approximate surface area is 93.4 Å². The molecule has 0 aliphatic rings. The van der Waals surface area contributed by atoms with Gasteiger partial charge in [0.15, 0.2) is 0 Å². The van der Waals surface area contributed by atoms with E-state index in [1.165, 1.54) is 6.08 Å². The SMILES string of the molecule is CCOc1ccc(/C=C(/C#N)C(=O)O)cc1. The van der Waals surface area contributed by atoms with Crippen molar-refractivity contribution < 1.29 is 14.6 Å². The zero-order valence-corrected chi connectivity index (χ0v) is 8.80. The summed E-state index contributed by atoms with van der Waals surface area (Å²) in [6.45, 7) is 2.46. The van der Waals surface area contributed by atoms with Crippen molar-refractivity contribution in [3.05, 3.63) is 35.4 Å². The molecule has 1 aromatic rings. The minimum absolute atomic E-state index is 0.288. The van der Waals surface area contributed by atoms with Crippen LogP contribution in [0.25, 0.3) is 6.08 Å². The molecule has 0 heterocycles. The van der Waals surface area contributed by atoms with E-state index >= 15 is 0 Å². The molecule has 16 heavy (non-hydrogen) atoms. The molecule has 0 aliphatic heterocycles. The highest BCUT2D eigenvalue weighted by Crippen LogP contribution is 2.14. The third kappa shape index (κ3) is 3.14. The van der Waals surface area contributed by atoms with Gasteiger partial charge >= 0.3 is 5.97 Å². The van der Waals surface area contributed by atoms with Crippen molar-refractivity contribution in [2.24, 2.45) is 0 Å². The molecule has 1 aromatic carbocycles. The maximum Gasteiger partial charge on any atom is 0.346 e. The standard InChI is InChI=1S/C12H11NO3/c1-2-16-11-5-3-9(4-6-11)7-10(8-13)12(14)15/h3-7H,2H2,1H3,(H,14,15)/b10-7-. The third-order valence-corrected chi connectivity index (χ3v) is 1.85. The van der Waals surface area contributed by atoms with E-state index in [9.17, 15) is 4.79 Å². The van der Waals surface area contributed by atoms with E-state index in [-0.39, 0.29) is 5.57 Å². The van der Waals surface area contributed by atoms with E-state index in [1.54, 1.807) is 30.3 Å². The first-order chi connectivity index (χ1) is 7.67. The van der Waals surface area contributed by atoms with Gasteiger partial charge < -0.3 is 9.84 Å². The number of hydrogen-bond acceptors (Lipinski definition) is 3. The smallest absolute Gasteiger partial charge is 0.346 e. The van der Waals surface area contributed by atoms with Gasteiger partial charge in [-0.15, -0.1) is 0 Å². The van der Waals surface area contributed by atoms with Crippen molar-refractivity contribution >= 4 is 12.0 Å². The quantitative estimate of drug-likeness (QED) is 0.619. The minimum atomic E-state index is -1.23. The highest BCUT2D eigenvalue weighted by atomic mass is 16.5. The van der Waals surface area contributed by atoms with Crippen LogP contribution in [0.5, 0.6) is 5.75 Å². The van der Waals surface area contributed by atoms with E-state index < -0.39 is 5.97 Å². The fourth-order valence-corrected chi connectivity index (χ4v) is 1.14. The van der Waals surface area contributed by atoms with Gasteiger partial charge in [0, 0.05) is 0 Å². The molecule has 4 nitrogen and oxygen atoms in total. The predicted octanol–water partition coefficient (Wildman–Crippen LogP) is 2.08. The summed E-state index contributed by atoms with van der Waals surface area (Å²) in [5.74, 6) is -0.509. The molecule has 0 saturated heterocycles. The first-order valence-electron chi connectivity index (χ1n) is 4.75. The highest BCUT2D eigenvalue weighted by Gasteiger charge is 2.05. The second kappa shape index (κ2) is 5.56. The summed E-state index contributed by atoms with van der Waals surface area (Å²) in [6.07, 6.45) is 1.32. The summed E-state index contributed by atoms with van der Waals surface area (Å²) >= 11 is 0. The lowest BCUT2D eigenvalue weighted by molar-refractivity contribution is -0.132. The van der Waals surface area contributed by atoms with Gasteiger partial charge in [-0.2, -0.15) is 5.26 Å². The monoisotopic (exact) mass is 217 g/mol. The van der Waals surface area contributed by atoms with Crippen LogP contribution >= 0.6 is 0 Å². The molecule has 0 aromatic heterocycles. The molecule has 0 aliphatic carbocycles. The normalized spacial score (nSPS) is 10.6. The van der Waals surface area contributed by atoms with Crippen molar-refractivity contribution in [1.82, 2.24) is 0 Å². The Morgan fingerprint density at radius 3 is 2.56 bits per heavy atom. The Hall–Kier alpha value is -2.28. The molecule has 0 amide bonds. The van der Waals surface area contributed by atoms with Gasteiger partial charge in [0.25, 0.3) is 0 Å². The molecule has 1 rings (SSSR count). The van der Waals surface area contributed by atoms with Gasteiger partial charge in [-0.25, -0.2) is 4.79 Å². The number of carbonyl (C=O) groups is 1. The largest absolute Gasteiger partial charge is 0.494 e. The van der Waals surface area contributed by atoms with Gasteiger partial charge in [-0.05, 0) is 30.7 Å². The molecule has 0 spiro atoms. The Morgan fingerprint density at radius 2 is 2.12 bits per heavy atom. The van der Waals surface area contributed by atoms with Crippen LogP contribution in [-0.4, -0.2) is 17.7 Å². The number of nitrogens with zero attached hydrogens (tertiary/aromatic N) is 1. The third-order valence-electron chi connectivity index (χ3n) is 1.85. The number of carboxylic acids is 1. The first-order valence-corrected chi connectivity index (χ1v) is 4.75. The summed E-state index contributed by atoms with van der Waals surface area (Å²) < 4.78 is 5.24. The average molecular weight is 217 g/mol. The van der Waals surface area contributed by atoms with Crippen LogP contribution in [-0.2, 0) is 4.79 Å². The molecule has 1 N–H and O–H groups in total. The van der Waals surface area contributed by atoms with E-state index in [0.717, 1.165) is 0 Å². The topological polar surface area (TPSA) is 70.3 Å². The second-order valence-electron chi connectivity index (χ2n) is 2.98. The molecule has 4 heteroatoms. The van der Waals surface area contributed by atoms with Crippen molar-refractivity contribution in [1.29, 1.82) is 5.26 Å². The van der Waals surface area contributed by atoms with Crippen molar-refractivity contribution in [3.8, 4) is 11.8 Å². The van der Waals surface area contributed by atoms with Gasteiger partial charge in [0.05, 0.1) is 6.61 Å². The zero-order chi connectivity index (χ0) is 12.0. The lowest BCUT2D eigenvalue weighted by atomic mass is 10.1. The van der Waals surface area contributed by atoms with E-state index in [1.807, 2.05) is 6.92 Å². The Bertz CT molecular complexity index is 440. The predicted molar refractivity (Wildman–Crippen MR) is 58.8 cm³/mol. The molecule has 0 bridgehead atoms. The number of nitriles is 1. The van der Waals surface area contributed by atoms with Gasteiger partial charge in [0.2, 0.25) is 0 Å². The molecule has 0 atom stereocenters. The Kier molecular flexibility index (Phi) is 4.10. The lowest BCUT2D eigenvalue weighted by Crippen LogP contribution is -1.97. The second-order valence-corrected chi connectivity index (χ2v) is 2.98. The fourth-order valence-electron chi connectivity index (χ4n) is 1.14. The molecule has 0 fully saturated rings. The fraction of sp³-hybridized carbons (Fsp3) is 0.167. The van der Waals surface area contributed by atoms with E-state index in [2.05, 4.69) is 0 Å². The number of benzene rings is 1. The van der Waals surface area contributed by atoms with Crippen LogP contribution < -0.4 is 4.74 Å². The number of ether oxygens (including phenoxy) is 1. The summed E-state index contributed by atoms with van der Waals surface area (Å²) in [5, 5.41) is 17.2. The molecular formula is C12H11NO3. The van der Waals surface area contributed by atoms with Crippen LogP contribution in [0.4, 0.5) is 0 Å². The van der Waals surface area contributed by atoms with Crippen molar-refractivity contribution in [2.45, 2.75) is 6.92 Å². The van der Waals surface area contributed by atoms with E-state index in [0.29, 0.717) is 17.9 Å². The minimum Gasteiger partial charge on any atom is -0.494 e. The number of aliphatic carboxylic acids is 1. The lowest BCUT2D eigenvalue weighted by Gasteiger charge is -2.02. The van der Waals surface area contributed by atoms with Gasteiger partial charge in [0.1, 0.15) is 17.4 Å². The van der Waals surface area contributed by atoms with Crippen LogP contribution in [0.2, 0.25) is 0 Å². The van der Waals surface area contributed by atoms with Gasteiger partial charge in [-0.1, -0.05) is 12.1 Å². The first kappa shape index (κ1) is 11.8. The summed E-state index contributed by atoms with van der Waals surface area (Å²) in [4.78, 5) is 10.6. The van der Waals surface area contributed by atoms with Crippen LogP contribution in [0.3, 0.4) is 0 Å². The molecule has 0 saturated carbocycles. The number of carboxylic acid groups (broad SMARTS) is 1. The van der Waals surface area contributed by atoms with Crippen LogP contribution in [0, 0.1) is 11.3 Å². The Morgan fingerprint density at radius 1 is 1.50 bits per heavy atom. The highest BCUT2D eigenvalue weighted by molar-refractivity contribution is 5.96. The summed E-state index contributed by atoms with van der Waals surface area (Å²) in [6, 6.07) is 8.48. The summed E-state index contributed by atoms with van der Waals surface area (Å²) in [5.41, 5.74) is 0.367. The molecule has 0 unspecified atom stereocenters. The average Bonchev–Trinajstić information content (AvgIpc) is 2.28. The van der Waals surface area contributed by atoms with Gasteiger partial charge in [-0.3, -0.25) is 0 Å². The Balaban J connectivity index is 2.90. The number of hydrogen-bond donors (Lipinski definition) is 1. The van der Waals surface area contributed by atoms with Crippen LogP contribution in [0.1, 0.15) is 12.5 Å². The number of rotatable bonds is 4. The van der Waals surface area contributed by atoms with Crippen molar-refractivity contribution in [2.75, 3.05) is 6.61 Å². The van der Waals surface area contributed by atoms with Crippen LogP contribution in [0.15, 0.2) is 29.8 Å².